The van der Waals surface area contributed by atoms with E-state index in [0.29, 0.717) is 19.5 Å². The Morgan fingerprint density at radius 1 is 1.22 bits per heavy atom. The molecular formula is C18H23NO3S. The molecule has 1 atom stereocenters. The Morgan fingerprint density at radius 3 is 2.74 bits per heavy atom. The molecule has 1 aromatic heterocycles. The van der Waals surface area contributed by atoms with Crippen LogP contribution in [0.3, 0.4) is 0 Å². The monoisotopic (exact) mass is 333 g/mol. The van der Waals surface area contributed by atoms with E-state index in [2.05, 4.69) is 36.1 Å². The number of hydrogen-bond donors (Lipinski definition) is 2. The summed E-state index contributed by atoms with van der Waals surface area (Å²) < 4.78 is 5.90. The summed E-state index contributed by atoms with van der Waals surface area (Å²) in [6.45, 7) is 3.96. The number of piperidine rings is 1. The molecule has 0 bridgehead atoms. The van der Waals surface area contributed by atoms with Crippen LogP contribution in [0, 0.1) is 6.92 Å². The molecule has 0 radical (unpaired) electrons. The molecule has 2 N–H and O–H groups in total. The number of aryl methyl sites for hydroxylation is 1. The van der Waals surface area contributed by atoms with E-state index >= 15 is 0 Å². The van der Waals surface area contributed by atoms with Gasteiger partial charge in [-0.1, -0.05) is 29.5 Å². The van der Waals surface area contributed by atoms with Gasteiger partial charge in [-0.2, -0.15) is 0 Å². The van der Waals surface area contributed by atoms with Crippen molar-refractivity contribution < 1.29 is 14.6 Å². The van der Waals surface area contributed by atoms with Crippen molar-refractivity contribution in [2.24, 2.45) is 0 Å². The van der Waals surface area contributed by atoms with Gasteiger partial charge in [0.05, 0.1) is 13.2 Å². The molecule has 124 valence electrons. The van der Waals surface area contributed by atoms with Crippen molar-refractivity contribution in [2.75, 3.05) is 19.7 Å². The molecule has 1 aliphatic heterocycles. The largest absolute Gasteiger partial charge is 0.453 e. The van der Waals surface area contributed by atoms with E-state index < -0.39 is 5.60 Å². The molecule has 1 fully saturated rings. The smallest absolute Gasteiger partial charge is 0.165 e. The Balaban J connectivity index is 1.60. The lowest BCUT2D eigenvalue weighted by molar-refractivity contribution is -0.0698. The summed E-state index contributed by atoms with van der Waals surface area (Å²) >= 11 is 1.61. The standard InChI is InChI=1S/C18H23NO3S/c1-14-3-6-16(7-4-14)23-17-8-5-15(22-17)11-19-10-2-9-18(21,12-19)13-20/h3-8,20-21H,2,9-13H2,1H3/t18-/m1/s1. The summed E-state index contributed by atoms with van der Waals surface area (Å²) in [5.41, 5.74) is 0.278. The van der Waals surface area contributed by atoms with Crippen molar-refractivity contribution in [3.8, 4) is 0 Å². The van der Waals surface area contributed by atoms with E-state index in [1.54, 1.807) is 11.8 Å². The van der Waals surface area contributed by atoms with Crippen molar-refractivity contribution in [1.29, 1.82) is 0 Å². The predicted octanol–water partition coefficient (Wildman–Crippen LogP) is 3.06. The Labute approximate surface area is 141 Å². The molecule has 1 aliphatic rings. The third-order valence-corrected chi connectivity index (χ3v) is 5.11. The van der Waals surface area contributed by atoms with E-state index in [0.717, 1.165) is 28.7 Å². The normalized spacial score (nSPS) is 22.4. The maximum absolute atomic E-state index is 10.2. The molecule has 23 heavy (non-hydrogen) atoms. The van der Waals surface area contributed by atoms with Crippen LogP contribution in [0.15, 0.2) is 50.8 Å². The second kappa shape index (κ2) is 7.09. The van der Waals surface area contributed by atoms with Crippen LogP contribution in [0.1, 0.15) is 24.2 Å². The first-order chi connectivity index (χ1) is 11.1. The zero-order valence-corrected chi connectivity index (χ0v) is 14.2. The van der Waals surface area contributed by atoms with E-state index in [1.165, 1.54) is 5.56 Å². The molecule has 0 unspecified atom stereocenters. The van der Waals surface area contributed by atoms with Crippen molar-refractivity contribution in [2.45, 2.75) is 41.9 Å². The molecule has 3 rings (SSSR count). The first-order valence-corrected chi connectivity index (χ1v) is 8.77. The highest BCUT2D eigenvalue weighted by molar-refractivity contribution is 7.99. The van der Waals surface area contributed by atoms with E-state index in [1.807, 2.05) is 12.1 Å². The maximum Gasteiger partial charge on any atom is 0.165 e. The molecule has 0 spiro atoms. The summed E-state index contributed by atoms with van der Waals surface area (Å²) in [6, 6.07) is 12.3. The van der Waals surface area contributed by atoms with Crippen LogP contribution in [0.2, 0.25) is 0 Å². The van der Waals surface area contributed by atoms with Crippen molar-refractivity contribution in [3.05, 3.63) is 47.7 Å². The van der Waals surface area contributed by atoms with Crippen molar-refractivity contribution in [3.63, 3.8) is 0 Å². The van der Waals surface area contributed by atoms with Crippen molar-refractivity contribution in [1.82, 2.24) is 4.90 Å². The number of rotatable bonds is 5. The summed E-state index contributed by atoms with van der Waals surface area (Å²) in [5, 5.41) is 20.4. The van der Waals surface area contributed by atoms with Gasteiger partial charge in [-0.3, -0.25) is 4.90 Å². The molecule has 0 saturated carbocycles. The van der Waals surface area contributed by atoms with Crippen molar-refractivity contribution >= 4 is 11.8 Å². The van der Waals surface area contributed by atoms with Gasteiger partial charge < -0.3 is 14.6 Å². The first kappa shape index (κ1) is 16.6. The molecular weight excluding hydrogens is 310 g/mol. The van der Waals surface area contributed by atoms with Gasteiger partial charge in [0.25, 0.3) is 0 Å². The summed E-state index contributed by atoms with van der Waals surface area (Å²) in [4.78, 5) is 3.29. The Morgan fingerprint density at radius 2 is 2.00 bits per heavy atom. The minimum atomic E-state index is -0.968. The molecule has 5 heteroatoms. The molecule has 0 aliphatic carbocycles. The number of furan rings is 1. The first-order valence-electron chi connectivity index (χ1n) is 7.95. The zero-order chi connectivity index (χ0) is 16.3. The van der Waals surface area contributed by atoms with E-state index in [-0.39, 0.29) is 6.61 Å². The number of hydrogen-bond acceptors (Lipinski definition) is 5. The van der Waals surface area contributed by atoms with Gasteiger partial charge in [-0.15, -0.1) is 0 Å². The number of aliphatic hydroxyl groups excluding tert-OH is 1. The zero-order valence-electron chi connectivity index (χ0n) is 13.4. The Bertz CT molecular complexity index is 640. The highest BCUT2D eigenvalue weighted by Crippen LogP contribution is 2.30. The fraction of sp³-hybridized carbons (Fsp3) is 0.444. The molecule has 2 heterocycles. The minimum Gasteiger partial charge on any atom is -0.453 e. The van der Waals surface area contributed by atoms with Gasteiger partial charge in [-0.05, 0) is 50.6 Å². The quantitative estimate of drug-likeness (QED) is 0.881. The van der Waals surface area contributed by atoms with E-state index in [9.17, 15) is 10.2 Å². The fourth-order valence-corrected chi connectivity index (χ4v) is 3.70. The summed E-state index contributed by atoms with van der Waals surface area (Å²) in [7, 11) is 0. The molecule has 1 aromatic carbocycles. The molecule has 1 saturated heterocycles. The second-order valence-corrected chi connectivity index (χ2v) is 7.41. The van der Waals surface area contributed by atoms with Crippen LogP contribution in [-0.2, 0) is 6.54 Å². The number of nitrogens with zero attached hydrogens (tertiary/aromatic N) is 1. The van der Waals surface area contributed by atoms with Crippen LogP contribution in [0.5, 0.6) is 0 Å². The third-order valence-electron chi connectivity index (χ3n) is 4.18. The van der Waals surface area contributed by atoms with Crippen LogP contribution in [-0.4, -0.2) is 40.4 Å². The van der Waals surface area contributed by atoms with Crippen LogP contribution in [0.25, 0.3) is 0 Å². The minimum absolute atomic E-state index is 0.184. The topological polar surface area (TPSA) is 56.8 Å². The highest BCUT2D eigenvalue weighted by Gasteiger charge is 2.32. The number of β-amino-alcohol motifs (C(OH)–C–C–N with tert-alkyl or cyclic N) is 1. The summed E-state index contributed by atoms with van der Waals surface area (Å²) in [5.74, 6) is 0.891. The van der Waals surface area contributed by atoms with Gasteiger partial charge >= 0.3 is 0 Å². The lowest BCUT2D eigenvalue weighted by Gasteiger charge is -2.37. The van der Waals surface area contributed by atoms with E-state index in [4.69, 9.17) is 4.42 Å². The van der Waals surface area contributed by atoms with Crippen LogP contribution >= 0.6 is 11.8 Å². The van der Waals surface area contributed by atoms with Crippen LogP contribution < -0.4 is 0 Å². The number of aliphatic hydroxyl groups is 2. The number of likely N-dealkylation sites (tertiary alicyclic amines) is 1. The van der Waals surface area contributed by atoms with Gasteiger partial charge in [-0.25, -0.2) is 0 Å². The van der Waals surface area contributed by atoms with Crippen LogP contribution in [0.4, 0.5) is 0 Å². The maximum atomic E-state index is 10.2. The fourth-order valence-electron chi connectivity index (χ4n) is 2.91. The molecule has 2 aromatic rings. The highest BCUT2D eigenvalue weighted by atomic mass is 32.2. The average Bonchev–Trinajstić information content (AvgIpc) is 2.97. The molecule has 4 nitrogen and oxygen atoms in total. The third kappa shape index (κ3) is 4.38. The second-order valence-electron chi connectivity index (χ2n) is 6.33. The lowest BCUT2D eigenvalue weighted by atomic mass is 9.94. The predicted molar refractivity (Wildman–Crippen MR) is 90.6 cm³/mol. The Kier molecular flexibility index (Phi) is 5.11. The van der Waals surface area contributed by atoms with Gasteiger partial charge in [0.2, 0.25) is 0 Å². The SMILES string of the molecule is Cc1ccc(Sc2ccc(CN3CCC[C@](O)(CO)C3)o2)cc1. The van der Waals surface area contributed by atoms with Gasteiger partial charge in [0, 0.05) is 11.4 Å². The summed E-state index contributed by atoms with van der Waals surface area (Å²) in [6.07, 6.45) is 1.55. The lowest BCUT2D eigenvalue weighted by Crippen LogP contribution is -2.49. The van der Waals surface area contributed by atoms with Gasteiger partial charge in [0.1, 0.15) is 11.4 Å². The van der Waals surface area contributed by atoms with Gasteiger partial charge in [0.15, 0.2) is 5.09 Å². The molecule has 0 amide bonds. The Hall–Kier alpha value is -1.27. The number of benzene rings is 1. The average molecular weight is 333 g/mol.